The number of hydrogen-bond acceptors (Lipinski definition) is 4. The lowest BCUT2D eigenvalue weighted by atomic mass is 9.69. The molecule has 0 bridgehead atoms. The van der Waals surface area contributed by atoms with E-state index in [-0.39, 0.29) is 0 Å². The van der Waals surface area contributed by atoms with Crippen molar-refractivity contribution in [3.8, 4) is 6.07 Å². The molecule has 1 aliphatic heterocycles. The van der Waals surface area contributed by atoms with E-state index in [1.165, 1.54) is 11.3 Å². The largest absolute Gasteiger partial charge is 0.383 e. The molecular weight excluding hydrogens is 222 g/mol. The Morgan fingerprint density at radius 3 is 3.00 bits per heavy atom. The molecule has 16 heavy (non-hydrogen) atoms. The molecule has 4 heteroatoms. The van der Waals surface area contributed by atoms with Crippen molar-refractivity contribution in [3.05, 3.63) is 22.4 Å². The SMILES string of the molecule is CC(O)(c1cccs1)C1(C#N)CCCOC1. The second-order valence-corrected chi connectivity index (χ2v) is 5.35. The molecule has 0 aliphatic carbocycles. The lowest BCUT2D eigenvalue weighted by Crippen LogP contribution is -2.47. The summed E-state index contributed by atoms with van der Waals surface area (Å²) in [6.45, 7) is 2.72. The quantitative estimate of drug-likeness (QED) is 0.858. The van der Waals surface area contributed by atoms with Crippen LogP contribution in [0.2, 0.25) is 0 Å². The molecule has 1 saturated heterocycles. The second kappa shape index (κ2) is 4.17. The van der Waals surface area contributed by atoms with Crippen molar-refractivity contribution in [2.24, 2.45) is 5.41 Å². The van der Waals surface area contributed by atoms with Crippen LogP contribution < -0.4 is 0 Å². The van der Waals surface area contributed by atoms with Crippen molar-refractivity contribution in [3.63, 3.8) is 0 Å². The monoisotopic (exact) mass is 237 g/mol. The zero-order chi connectivity index (χ0) is 11.6. The lowest BCUT2D eigenvalue weighted by molar-refractivity contribution is -0.111. The fourth-order valence-corrected chi connectivity index (χ4v) is 3.05. The van der Waals surface area contributed by atoms with E-state index in [2.05, 4.69) is 6.07 Å². The van der Waals surface area contributed by atoms with E-state index in [0.29, 0.717) is 19.6 Å². The first-order valence-corrected chi connectivity index (χ1v) is 6.26. The Bertz CT molecular complexity index is 386. The fourth-order valence-electron chi connectivity index (χ4n) is 2.17. The van der Waals surface area contributed by atoms with E-state index in [1.54, 1.807) is 6.92 Å². The van der Waals surface area contributed by atoms with Gasteiger partial charge < -0.3 is 9.84 Å². The third-order valence-electron chi connectivity index (χ3n) is 3.39. The maximum atomic E-state index is 10.7. The zero-order valence-electron chi connectivity index (χ0n) is 9.27. The number of nitriles is 1. The Balaban J connectivity index is 2.37. The molecule has 1 N–H and O–H groups in total. The number of hydrogen-bond donors (Lipinski definition) is 1. The van der Waals surface area contributed by atoms with Crippen LogP contribution in [-0.2, 0) is 10.3 Å². The summed E-state index contributed by atoms with van der Waals surface area (Å²) in [4.78, 5) is 0.833. The minimum atomic E-state index is -1.13. The highest BCUT2D eigenvalue weighted by Crippen LogP contribution is 2.46. The van der Waals surface area contributed by atoms with Gasteiger partial charge in [-0.25, -0.2) is 0 Å². The average Bonchev–Trinajstić information content (AvgIpc) is 2.84. The summed E-state index contributed by atoms with van der Waals surface area (Å²) in [5.41, 5.74) is -1.94. The van der Waals surface area contributed by atoms with E-state index in [9.17, 15) is 10.4 Å². The summed E-state index contributed by atoms with van der Waals surface area (Å²) in [7, 11) is 0. The Kier molecular flexibility index (Phi) is 3.02. The first kappa shape index (κ1) is 11.6. The van der Waals surface area contributed by atoms with Crippen LogP contribution in [0, 0.1) is 16.7 Å². The van der Waals surface area contributed by atoms with E-state index >= 15 is 0 Å². The van der Waals surface area contributed by atoms with Gasteiger partial charge in [0.1, 0.15) is 11.0 Å². The van der Waals surface area contributed by atoms with Gasteiger partial charge in [0.15, 0.2) is 0 Å². The highest BCUT2D eigenvalue weighted by molar-refractivity contribution is 7.10. The van der Waals surface area contributed by atoms with Crippen LogP contribution in [0.4, 0.5) is 0 Å². The Morgan fingerprint density at radius 2 is 2.50 bits per heavy atom. The average molecular weight is 237 g/mol. The van der Waals surface area contributed by atoms with Gasteiger partial charge >= 0.3 is 0 Å². The molecule has 86 valence electrons. The van der Waals surface area contributed by atoms with E-state index in [0.717, 1.165) is 11.3 Å². The topological polar surface area (TPSA) is 53.2 Å². The number of nitrogens with zero attached hydrogens (tertiary/aromatic N) is 1. The third-order valence-corrected chi connectivity index (χ3v) is 4.47. The minimum absolute atomic E-state index is 0.314. The number of rotatable bonds is 2. The molecule has 2 rings (SSSR count). The van der Waals surface area contributed by atoms with Gasteiger partial charge in [-0.05, 0) is 31.2 Å². The predicted molar refractivity (Wildman–Crippen MR) is 62.0 cm³/mol. The Morgan fingerprint density at radius 1 is 1.69 bits per heavy atom. The number of ether oxygens (including phenoxy) is 1. The van der Waals surface area contributed by atoms with Gasteiger partial charge in [-0.1, -0.05) is 6.07 Å². The van der Waals surface area contributed by atoms with Gasteiger partial charge in [0.2, 0.25) is 0 Å². The minimum Gasteiger partial charge on any atom is -0.383 e. The van der Waals surface area contributed by atoms with Gasteiger partial charge in [0.05, 0.1) is 12.7 Å². The first-order valence-electron chi connectivity index (χ1n) is 5.38. The summed E-state index contributed by atoms with van der Waals surface area (Å²) in [5.74, 6) is 0. The summed E-state index contributed by atoms with van der Waals surface area (Å²) in [6, 6.07) is 6.04. The van der Waals surface area contributed by atoms with Gasteiger partial charge in [-0.2, -0.15) is 5.26 Å². The molecule has 2 unspecified atom stereocenters. The van der Waals surface area contributed by atoms with Crippen molar-refractivity contribution in [2.75, 3.05) is 13.2 Å². The molecule has 0 saturated carbocycles. The molecule has 3 nitrogen and oxygen atoms in total. The van der Waals surface area contributed by atoms with Crippen LogP contribution in [-0.4, -0.2) is 18.3 Å². The van der Waals surface area contributed by atoms with Gasteiger partial charge in [0, 0.05) is 11.5 Å². The van der Waals surface area contributed by atoms with Crippen LogP contribution in [0.15, 0.2) is 17.5 Å². The fraction of sp³-hybridized carbons (Fsp3) is 0.583. The van der Waals surface area contributed by atoms with Crippen molar-refractivity contribution in [1.29, 1.82) is 5.26 Å². The first-order chi connectivity index (χ1) is 7.62. The summed E-state index contributed by atoms with van der Waals surface area (Å²) >= 11 is 1.48. The highest BCUT2D eigenvalue weighted by atomic mass is 32.1. The second-order valence-electron chi connectivity index (χ2n) is 4.40. The molecule has 2 heterocycles. The van der Waals surface area contributed by atoms with E-state index in [4.69, 9.17) is 4.74 Å². The highest BCUT2D eigenvalue weighted by Gasteiger charge is 2.50. The Labute approximate surface area is 99.3 Å². The third kappa shape index (κ3) is 1.65. The van der Waals surface area contributed by atoms with E-state index in [1.807, 2.05) is 17.5 Å². The molecule has 0 amide bonds. The van der Waals surface area contributed by atoms with Crippen molar-refractivity contribution in [2.45, 2.75) is 25.4 Å². The summed E-state index contributed by atoms with van der Waals surface area (Å²) in [6.07, 6.45) is 1.52. The normalized spacial score (nSPS) is 29.3. The smallest absolute Gasteiger partial charge is 0.117 e. The molecule has 1 aliphatic rings. The lowest BCUT2D eigenvalue weighted by Gasteiger charge is -2.41. The van der Waals surface area contributed by atoms with Crippen LogP contribution >= 0.6 is 11.3 Å². The molecule has 0 spiro atoms. The van der Waals surface area contributed by atoms with Crippen LogP contribution in [0.1, 0.15) is 24.6 Å². The molecule has 0 radical (unpaired) electrons. The summed E-state index contributed by atoms with van der Waals surface area (Å²) in [5, 5.41) is 22.0. The van der Waals surface area contributed by atoms with Crippen LogP contribution in [0.3, 0.4) is 0 Å². The summed E-state index contributed by atoms with van der Waals surface area (Å²) < 4.78 is 5.38. The number of aliphatic hydroxyl groups is 1. The molecule has 1 fully saturated rings. The van der Waals surface area contributed by atoms with Gasteiger partial charge in [0.25, 0.3) is 0 Å². The van der Waals surface area contributed by atoms with Gasteiger partial charge in [-0.3, -0.25) is 0 Å². The predicted octanol–water partition coefficient (Wildman–Crippen LogP) is 2.28. The maximum Gasteiger partial charge on any atom is 0.117 e. The van der Waals surface area contributed by atoms with Crippen molar-refractivity contribution in [1.82, 2.24) is 0 Å². The van der Waals surface area contributed by atoms with Gasteiger partial charge in [-0.15, -0.1) is 11.3 Å². The van der Waals surface area contributed by atoms with E-state index < -0.39 is 11.0 Å². The molecule has 1 aromatic rings. The van der Waals surface area contributed by atoms with Crippen molar-refractivity contribution >= 4 is 11.3 Å². The molecule has 2 atom stereocenters. The van der Waals surface area contributed by atoms with Crippen molar-refractivity contribution < 1.29 is 9.84 Å². The molecular formula is C12H15NO2S. The molecule has 0 aromatic carbocycles. The zero-order valence-corrected chi connectivity index (χ0v) is 10.1. The number of thiophene rings is 1. The maximum absolute atomic E-state index is 10.7. The van der Waals surface area contributed by atoms with Crippen LogP contribution in [0.5, 0.6) is 0 Å². The Hall–Kier alpha value is -0.890. The molecule has 1 aromatic heterocycles. The standard InChI is InChI=1S/C12H15NO2S/c1-11(14,10-4-2-7-16-10)12(8-13)5-3-6-15-9-12/h2,4,7,14H,3,5-6,9H2,1H3. The van der Waals surface area contributed by atoms with Crippen LogP contribution in [0.25, 0.3) is 0 Å².